The summed E-state index contributed by atoms with van der Waals surface area (Å²) >= 11 is 13.2. The number of thioether (sulfide) groups is 1. The van der Waals surface area contributed by atoms with Gasteiger partial charge in [-0.25, -0.2) is 4.98 Å². The molecule has 3 rings (SSSR count). The van der Waals surface area contributed by atoms with Crippen LogP contribution in [0.5, 0.6) is 5.75 Å². The van der Waals surface area contributed by atoms with Crippen LogP contribution >= 0.6 is 35.0 Å². The Balaban J connectivity index is 1.79. The molecule has 0 saturated heterocycles. The van der Waals surface area contributed by atoms with Crippen LogP contribution in [-0.4, -0.2) is 30.3 Å². The van der Waals surface area contributed by atoms with E-state index in [2.05, 4.69) is 20.5 Å². The third kappa shape index (κ3) is 3.49. The van der Waals surface area contributed by atoms with Crippen molar-refractivity contribution in [3.05, 3.63) is 52.3 Å². The molecule has 1 N–H and O–H groups in total. The molecule has 0 amide bonds. The third-order valence-corrected chi connectivity index (χ3v) is 4.10. The van der Waals surface area contributed by atoms with E-state index in [9.17, 15) is 5.11 Å². The summed E-state index contributed by atoms with van der Waals surface area (Å²) < 4.78 is 1.59. The number of hydrogen-bond acceptors (Lipinski definition) is 6. The molecule has 0 atom stereocenters. The largest absolute Gasteiger partial charge is 0.508 e. The van der Waals surface area contributed by atoms with E-state index in [1.54, 1.807) is 41.1 Å². The van der Waals surface area contributed by atoms with Crippen molar-refractivity contribution < 1.29 is 5.11 Å². The fourth-order valence-corrected chi connectivity index (χ4v) is 3.10. The number of rotatable bonds is 4. The lowest BCUT2D eigenvalue weighted by Crippen LogP contribution is -1.98. The van der Waals surface area contributed by atoms with Crippen LogP contribution in [0.25, 0.3) is 5.69 Å². The van der Waals surface area contributed by atoms with Gasteiger partial charge in [-0.2, -0.15) is 4.68 Å². The number of halogens is 2. The molecule has 0 aliphatic carbocycles. The highest BCUT2D eigenvalue weighted by atomic mass is 35.5. The average molecular weight is 354 g/mol. The van der Waals surface area contributed by atoms with Gasteiger partial charge < -0.3 is 5.11 Å². The second-order valence-electron chi connectivity index (χ2n) is 4.30. The molecule has 9 heteroatoms. The Morgan fingerprint density at radius 2 is 1.77 bits per heavy atom. The molecule has 2 heterocycles. The SMILES string of the molecule is Oc1ccc(-n2nnnc2SCc2cc(Cl)nc(Cl)c2)cc1. The Kier molecular flexibility index (Phi) is 4.47. The second-order valence-corrected chi connectivity index (χ2v) is 6.02. The maximum Gasteiger partial charge on any atom is 0.214 e. The van der Waals surface area contributed by atoms with Crippen molar-refractivity contribution in [3.63, 3.8) is 0 Å². The minimum absolute atomic E-state index is 0.187. The summed E-state index contributed by atoms with van der Waals surface area (Å²) in [6, 6.07) is 10.1. The molecular formula is C13H9Cl2N5OS. The molecule has 0 fully saturated rings. The topological polar surface area (TPSA) is 76.7 Å². The van der Waals surface area contributed by atoms with Crippen molar-refractivity contribution in [2.24, 2.45) is 0 Å². The Hall–Kier alpha value is -1.83. The van der Waals surface area contributed by atoms with Crippen LogP contribution in [0, 0.1) is 0 Å². The van der Waals surface area contributed by atoms with Crippen molar-refractivity contribution >= 4 is 35.0 Å². The molecule has 0 saturated carbocycles. The van der Waals surface area contributed by atoms with Gasteiger partial charge in [0.15, 0.2) is 0 Å². The molecule has 0 aliphatic heterocycles. The van der Waals surface area contributed by atoms with Crippen LogP contribution in [0.4, 0.5) is 0 Å². The monoisotopic (exact) mass is 353 g/mol. The first-order valence-electron chi connectivity index (χ1n) is 6.14. The van der Waals surface area contributed by atoms with Gasteiger partial charge >= 0.3 is 0 Å². The predicted octanol–water partition coefficient (Wildman–Crippen LogP) is 3.36. The Labute approximate surface area is 140 Å². The molecule has 0 spiro atoms. The normalized spacial score (nSPS) is 10.8. The lowest BCUT2D eigenvalue weighted by Gasteiger charge is -2.05. The van der Waals surface area contributed by atoms with Crippen LogP contribution in [0.15, 0.2) is 41.6 Å². The van der Waals surface area contributed by atoms with E-state index in [0.29, 0.717) is 21.2 Å². The zero-order chi connectivity index (χ0) is 15.5. The molecule has 0 aliphatic rings. The highest BCUT2D eigenvalue weighted by Crippen LogP contribution is 2.25. The molecule has 1 aromatic carbocycles. The quantitative estimate of drug-likeness (QED) is 0.572. The molecule has 6 nitrogen and oxygen atoms in total. The van der Waals surface area contributed by atoms with Gasteiger partial charge in [-0.15, -0.1) is 5.10 Å². The number of pyridine rings is 1. The van der Waals surface area contributed by atoms with Gasteiger partial charge in [0.1, 0.15) is 16.1 Å². The molecule has 3 aromatic rings. The molecule has 0 bridgehead atoms. The maximum absolute atomic E-state index is 9.33. The van der Waals surface area contributed by atoms with Crippen molar-refractivity contribution in [2.45, 2.75) is 10.9 Å². The number of nitrogens with zero attached hydrogens (tertiary/aromatic N) is 5. The Bertz CT molecular complexity index is 773. The van der Waals surface area contributed by atoms with Crippen LogP contribution in [0.1, 0.15) is 5.56 Å². The van der Waals surface area contributed by atoms with Crippen molar-refractivity contribution in [1.82, 2.24) is 25.2 Å². The standard InChI is InChI=1S/C13H9Cl2N5OS/c14-11-5-8(6-12(15)16-11)7-22-13-17-18-19-20(13)9-1-3-10(21)4-2-9/h1-6,21H,7H2. The van der Waals surface area contributed by atoms with E-state index >= 15 is 0 Å². The number of phenols is 1. The highest BCUT2D eigenvalue weighted by molar-refractivity contribution is 7.98. The number of phenolic OH excluding ortho intramolecular Hbond substituents is 1. The molecule has 0 unspecified atom stereocenters. The smallest absolute Gasteiger partial charge is 0.214 e. The predicted molar refractivity (Wildman–Crippen MR) is 84.6 cm³/mol. The van der Waals surface area contributed by atoms with Crippen molar-refractivity contribution in [2.75, 3.05) is 0 Å². The minimum Gasteiger partial charge on any atom is -0.508 e. The highest BCUT2D eigenvalue weighted by Gasteiger charge is 2.10. The number of tetrazole rings is 1. The minimum atomic E-state index is 0.187. The summed E-state index contributed by atoms with van der Waals surface area (Å²) in [7, 11) is 0. The average Bonchev–Trinajstić information content (AvgIpc) is 2.93. The summed E-state index contributed by atoms with van der Waals surface area (Å²) in [5.41, 5.74) is 1.69. The number of benzene rings is 1. The summed E-state index contributed by atoms with van der Waals surface area (Å²) in [6.45, 7) is 0. The number of aromatic hydroxyl groups is 1. The first kappa shape index (κ1) is 15.1. The van der Waals surface area contributed by atoms with Gasteiger partial charge in [0, 0.05) is 5.75 Å². The second kappa shape index (κ2) is 6.51. The van der Waals surface area contributed by atoms with Crippen LogP contribution in [0.3, 0.4) is 0 Å². The van der Waals surface area contributed by atoms with Crippen molar-refractivity contribution in [1.29, 1.82) is 0 Å². The first-order chi connectivity index (χ1) is 10.6. The van der Waals surface area contributed by atoms with E-state index in [1.807, 2.05) is 0 Å². The van der Waals surface area contributed by atoms with Gasteiger partial charge in [0.2, 0.25) is 5.16 Å². The van der Waals surface area contributed by atoms with E-state index < -0.39 is 0 Å². The molecule has 112 valence electrons. The van der Waals surface area contributed by atoms with Gasteiger partial charge in [-0.1, -0.05) is 35.0 Å². The van der Waals surface area contributed by atoms with E-state index in [4.69, 9.17) is 23.2 Å². The first-order valence-corrected chi connectivity index (χ1v) is 7.88. The molecule has 22 heavy (non-hydrogen) atoms. The van der Waals surface area contributed by atoms with Gasteiger partial charge in [0.05, 0.1) is 5.69 Å². The zero-order valence-electron chi connectivity index (χ0n) is 11.0. The number of hydrogen-bond donors (Lipinski definition) is 1. The van der Waals surface area contributed by atoms with Gasteiger partial charge in [0.25, 0.3) is 0 Å². The van der Waals surface area contributed by atoms with E-state index in [1.165, 1.54) is 11.8 Å². The Morgan fingerprint density at radius 1 is 1.09 bits per heavy atom. The van der Waals surface area contributed by atoms with Crippen LogP contribution in [0.2, 0.25) is 10.3 Å². The summed E-state index contributed by atoms with van der Waals surface area (Å²) in [5, 5.41) is 22.3. The maximum atomic E-state index is 9.33. The molecule has 0 radical (unpaired) electrons. The fraction of sp³-hybridized carbons (Fsp3) is 0.0769. The Morgan fingerprint density at radius 3 is 2.45 bits per heavy atom. The lowest BCUT2D eigenvalue weighted by atomic mass is 10.3. The van der Waals surface area contributed by atoms with Gasteiger partial charge in [-0.3, -0.25) is 0 Å². The third-order valence-electron chi connectivity index (χ3n) is 2.73. The molecular weight excluding hydrogens is 345 g/mol. The summed E-state index contributed by atoms with van der Waals surface area (Å²) in [5.74, 6) is 0.785. The lowest BCUT2D eigenvalue weighted by molar-refractivity contribution is 0.475. The summed E-state index contributed by atoms with van der Waals surface area (Å²) in [6.07, 6.45) is 0. The van der Waals surface area contributed by atoms with Crippen molar-refractivity contribution in [3.8, 4) is 11.4 Å². The van der Waals surface area contributed by atoms with E-state index in [0.717, 1.165) is 11.3 Å². The summed E-state index contributed by atoms with van der Waals surface area (Å²) in [4.78, 5) is 3.91. The van der Waals surface area contributed by atoms with Gasteiger partial charge in [-0.05, 0) is 52.4 Å². The van der Waals surface area contributed by atoms with E-state index in [-0.39, 0.29) is 5.75 Å². The fourth-order valence-electron chi connectivity index (χ4n) is 1.77. The molecule has 2 aromatic heterocycles. The van der Waals surface area contributed by atoms with Crippen LogP contribution in [-0.2, 0) is 5.75 Å². The number of aromatic nitrogens is 5. The van der Waals surface area contributed by atoms with Crippen LogP contribution < -0.4 is 0 Å². The zero-order valence-corrected chi connectivity index (χ0v) is 13.3.